The number of benzene rings is 1. The number of halogens is 2. The fraction of sp³-hybridized carbons (Fsp3) is 0.357. The summed E-state index contributed by atoms with van der Waals surface area (Å²) in [7, 11) is -4.12. The molecule has 0 amide bonds. The zero-order chi connectivity index (χ0) is 16.8. The molecule has 1 aliphatic heterocycles. The standard InChI is InChI=1S/C14H13F2NO5S/c15-14(16)5-6-17(7-10(14)13(18)19)23(20,21)12-8-22-11-4-2-1-3-9(11)12/h1-4,8,10H,5-7H2,(H,18,19). The molecule has 9 heteroatoms. The van der Waals surface area contributed by atoms with Gasteiger partial charge in [-0.05, 0) is 12.1 Å². The van der Waals surface area contributed by atoms with E-state index in [-0.39, 0.29) is 4.90 Å². The Bertz CT molecular complexity index is 861. The number of para-hydroxylation sites is 1. The van der Waals surface area contributed by atoms with Crippen LogP contribution in [0.25, 0.3) is 11.0 Å². The molecule has 23 heavy (non-hydrogen) atoms. The molecule has 2 heterocycles. The number of hydrogen-bond acceptors (Lipinski definition) is 4. The molecule has 2 aromatic rings. The minimum Gasteiger partial charge on any atom is -0.481 e. The molecule has 0 spiro atoms. The summed E-state index contributed by atoms with van der Waals surface area (Å²) < 4.78 is 58.6. The Morgan fingerprint density at radius 1 is 1.35 bits per heavy atom. The highest BCUT2D eigenvalue weighted by molar-refractivity contribution is 7.89. The van der Waals surface area contributed by atoms with Gasteiger partial charge in [-0.15, -0.1) is 0 Å². The Morgan fingerprint density at radius 2 is 2.04 bits per heavy atom. The van der Waals surface area contributed by atoms with Gasteiger partial charge in [0.1, 0.15) is 22.7 Å². The second kappa shape index (κ2) is 5.27. The van der Waals surface area contributed by atoms with Crippen molar-refractivity contribution in [2.45, 2.75) is 17.2 Å². The molecule has 124 valence electrons. The van der Waals surface area contributed by atoms with Gasteiger partial charge in [0, 0.05) is 24.9 Å². The van der Waals surface area contributed by atoms with Crippen LogP contribution in [0.5, 0.6) is 0 Å². The zero-order valence-electron chi connectivity index (χ0n) is 11.8. The van der Waals surface area contributed by atoms with Crippen LogP contribution in [0.1, 0.15) is 6.42 Å². The topological polar surface area (TPSA) is 87.8 Å². The molecule has 1 aromatic carbocycles. The predicted octanol–water partition coefficient (Wildman–Crippen LogP) is 2.16. The van der Waals surface area contributed by atoms with E-state index < -0.39 is 47.3 Å². The van der Waals surface area contributed by atoms with Gasteiger partial charge in [-0.3, -0.25) is 4.79 Å². The molecule has 0 radical (unpaired) electrons. The summed E-state index contributed by atoms with van der Waals surface area (Å²) in [4.78, 5) is 10.9. The number of nitrogens with zero attached hydrogens (tertiary/aromatic N) is 1. The Kier molecular flexibility index (Phi) is 3.64. The fourth-order valence-electron chi connectivity index (χ4n) is 2.65. The van der Waals surface area contributed by atoms with Crippen molar-refractivity contribution in [3.63, 3.8) is 0 Å². The van der Waals surface area contributed by atoms with Gasteiger partial charge in [0.15, 0.2) is 0 Å². The number of rotatable bonds is 3. The summed E-state index contributed by atoms with van der Waals surface area (Å²) in [6.07, 6.45) is 0.210. The van der Waals surface area contributed by atoms with Crippen LogP contribution in [-0.4, -0.2) is 42.8 Å². The van der Waals surface area contributed by atoms with Crippen LogP contribution in [0.4, 0.5) is 8.78 Å². The average Bonchev–Trinajstić information content (AvgIpc) is 2.90. The Hall–Kier alpha value is -2.00. The smallest absolute Gasteiger partial charge is 0.313 e. The van der Waals surface area contributed by atoms with E-state index in [9.17, 15) is 22.0 Å². The lowest BCUT2D eigenvalue weighted by Gasteiger charge is -2.35. The number of sulfonamides is 1. The number of carboxylic acid groups (broad SMARTS) is 1. The number of carboxylic acids is 1. The van der Waals surface area contributed by atoms with Crippen molar-refractivity contribution in [1.29, 1.82) is 0 Å². The number of furan rings is 1. The van der Waals surface area contributed by atoms with E-state index in [0.717, 1.165) is 10.6 Å². The summed E-state index contributed by atoms with van der Waals surface area (Å²) in [5.74, 6) is -7.22. The van der Waals surface area contributed by atoms with Crippen molar-refractivity contribution in [3.05, 3.63) is 30.5 Å². The number of fused-ring (bicyclic) bond motifs is 1. The molecule has 1 saturated heterocycles. The van der Waals surface area contributed by atoms with Crippen LogP contribution in [-0.2, 0) is 14.8 Å². The van der Waals surface area contributed by atoms with E-state index in [1.807, 2.05) is 0 Å². The van der Waals surface area contributed by atoms with Crippen LogP contribution in [0.15, 0.2) is 39.8 Å². The summed E-state index contributed by atoms with van der Waals surface area (Å²) >= 11 is 0. The molecule has 1 atom stereocenters. The Morgan fingerprint density at radius 3 is 2.74 bits per heavy atom. The van der Waals surface area contributed by atoms with Gasteiger partial charge in [0.05, 0.1) is 0 Å². The third kappa shape index (κ3) is 2.59. The number of piperidine rings is 1. The second-order valence-corrected chi connectivity index (χ2v) is 7.27. The van der Waals surface area contributed by atoms with Crippen molar-refractivity contribution in [2.24, 2.45) is 5.92 Å². The van der Waals surface area contributed by atoms with Gasteiger partial charge in [-0.1, -0.05) is 12.1 Å². The second-order valence-electron chi connectivity index (χ2n) is 5.36. The highest BCUT2D eigenvalue weighted by Crippen LogP contribution is 2.37. The summed E-state index contributed by atoms with van der Waals surface area (Å²) in [5.41, 5.74) is 0.350. The summed E-state index contributed by atoms with van der Waals surface area (Å²) in [6.45, 7) is -1.22. The van der Waals surface area contributed by atoms with Crippen LogP contribution in [0.3, 0.4) is 0 Å². The monoisotopic (exact) mass is 345 g/mol. The quantitative estimate of drug-likeness (QED) is 0.921. The SMILES string of the molecule is O=C(O)C1CN(S(=O)(=O)c2coc3ccccc23)CCC1(F)F. The highest BCUT2D eigenvalue weighted by atomic mass is 32.2. The Balaban J connectivity index is 1.99. The molecule has 1 fully saturated rings. The van der Waals surface area contributed by atoms with E-state index in [4.69, 9.17) is 9.52 Å². The summed E-state index contributed by atoms with van der Waals surface area (Å²) in [5, 5.41) is 9.27. The van der Waals surface area contributed by atoms with Gasteiger partial charge < -0.3 is 9.52 Å². The van der Waals surface area contributed by atoms with Crippen molar-refractivity contribution < 1.29 is 31.5 Å². The molecule has 1 aliphatic rings. The molecule has 1 N–H and O–H groups in total. The first-order valence-electron chi connectivity index (χ1n) is 6.80. The number of hydrogen-bond donors (Lipinski definition) is 1. The Labute approximate surface area is 130 Å². The first kappa shape index (κ1) is 15.9. The lowest BCUT2D eigenvalue weighted by molar-refractivity contribution is -0.163. The molecule has 0 aliphatic carbocycles. The summed E-state index contributed by atoms with van der Waals surface area (Å²) in [6, 6.07) is 6.42. The lowest BCUT2D eigenvalue weighted by atomic mass is 9.95. The fourth-order valence-corrected chi connectivity index (χ4v) is 4.22. The minimum absolute atomic E-state index is 0.151. The van der Waals surface area contributed by atoms with Crippen LogP contribution < -0.4 is 0 Å². The van der Waals surface area contributed by atoms with Crippen LogP contribution in [0.2, 0.25) is 0 Å². The lowest BCUT2D eigenvalue weighted by Crippen LogP contribution is -2.52. The maximum atomic E-state index is 13.7. The van der Waals surface area contributed by atoms with Gasteiger partial charge in [0.25, 0.3) is 5.92 Å². The highest BCUT2D eigenvalue weighted by Gasteiger charge is 2.51. The van der Waals surface area contributed by atoms with E-state index in [0.29, 0.717) is 11.0 Å². The van der Waals surface area contributed by atoms with E-state index >= 15 is 0 Å². The third-order valence-corrected chi connectivity index (χ3v) is 5.84. The number of carbonyl (C=O) groups is 1. The first-order valence-corrected chi connectivity index (χ1v) is 8.24. The number of aliphatic carboxylic acids is 1. The van der Waals surface area contributed by atoms with Gasteiger partial charge in [0.2, 0.25) is 10.0 Å². The molecule has 1 aromatic heterocycles. The maximum absolute atomic E-state index is 13.7. The molecule has 6 nitrogen and oxygen atoms in total. The molecule has 1 unspecified atom stereocenters. The molecule has 0 saturated carbocycles. The van der Waals surface area contributed by atoms with E-state index in [1.165, 1.54) is 0 Å². The first-order chi connectivity index (χ1) is 10.7. The predicted molar refractivity (Wildman–Crippen MR) is 75.7 cm³/mol. The van der Waals surface area contributed by atoms with Crippen LogP contribution in [0, 0.1) is 5.92 Å². The van der Waals surface area contributed by atoms with E-state index in [2.05, 4.69) is 0 Å². The van der Waals surface area contributed by atoms with Gasteiger partial charge in [-0.25, -0.2) is 17.2 Å². The molecular weight excluding hydrogens is 332 g/mol. The van der Waals surface area contributed by atoms with Crippen molar-refractivity contribution >= 4 is 27.0 Å². The molecule has 3 rings (SSSR count). The minimum atomic E-state index is -4.12. The normalized spacial score (nSPS) is 22.3. The van der Waals surface area contributed by atoms with Gasteiger partial charge >= 0.3 is 5.97 Å². The van der Waals surface area contributed by atoms with Crippen molar-refractivity contribution in [1.82, 2.24) is 4.31 Å². The van der Waals surface area contributed by atoms with E-state index in [1.54, 1.807) is 24.3 Å². The third-order valence-electron chi connectivity index (χ3n) is 3.95. The largest absolute Gasteiger partial charge is 0.481 e. The molecule has 0 bridgehead atoms. The zero-order valence-corrected chi connectivity index (χ0v) is 12.6. The molecular formula is C14H13F2NO5S. The van der Waals surface area contributed by atoms with Crippen molar-refractivity contribution in [2.75, 3.05) is 13.1 Å². The number of alkyl halides is 2. The maximum Gasteiger partial charge on any atom is 0.313 e. The van der Waals surface area contributed by atoms with Crippen LogP contribution >= 0.6 is 0 Å². The van der Waals surface area contributed by atoms with Crippen molar-refractivity contribution in [3.8, 4) is 0 Å². The average molecular weight is 345 g/mol. The van der Waals surface area contributed by atoms with Gasteiger partial charge in [-0.2, -0.15) is 4.31 Å².